The Labute approximate surface area is 111 Å². The third-order valence-electron chi connectivity index (χ3n) is 4.04. The van der Waals surface area contributed by atoms with Gasteiger partial charge in [0.25, 0.3) is 0 Å². The van der Waals surface area contributed by atoms with Gasteiger partial charge in [0, 0.05) is 12.1 Å². The largest absolute Gasteiger partial charge is 0.481 e. The quantitative estimate of drug-likeness (QED) is 0.697. The van der Waals surface area contributed by atoms with Gasteiger partial charge in [-0.1, -0.05) is 39.5 Å². The SMILES string of the molecule is CCCCC(CCC)NC1CCCC(C(=O)O)C1. The fraction of sp³-hybridized carbons (Fsp3) is 0.933. The summed E-state index contributed by atoms with van der Waals surface area (Å²) < 4.78 is 0. The summed E-state index contributed by atoms with van der Waals surface area (Å²) >= 11 is 0. The molecule has 2 N–H and O–H groups in total. The number of aliphatic carboxylic acids is 1. The molecule has 1 saturated carbocycles. The standard InChI is InChI=1S/C15H29NO2/c1-3-5-9-13(7-4-2)16-14-10-6-8-12(11-14)15(17)18/h12-14,16H,3-11H2,1-2H3,(H,17,18). The summed E-state index contributed by atoms with van der Waals surface area (Å²) in [6.07, 6.45) is 10.1. The lowest BCUT2D eigenvalue weighted by Crippen LogP contribution is -2.42. The first-order valence-electron chi connectivity index (χ1n) is 7.66. The lowest BCUT2D eigenvalue weighted by molar-refractivity contribution is -0.143. The Morgan fingerprint density at radius 2 is 2.06 bits per heavy atom. The van der Waals surface area contributed by atoms with E-state index in [0.717, 1.165) is 25.7 Å². The smallest absolute Gasteiger partial charge is 0.306 e. The van der Waals surface area contributed by atoms with Crippen molar-refractivity contribution in [2.75, 3.05) is 0 Å². The molecule has 1 rings (SSSR count). The average Bonchev–Trinajstić information content (AvgIpc) is 2.36. The highest BCUT2D eigenvalue weighted by Gasteiger charge is 2.27. The van der Waals surface area contributed by atoms with E-state index in [0.29, 0.717) is 12.1 Å². The second-order valence-electron chi connectivity index (χ2n) is 5.69. The maximum atomic E-state index is 11.1. The molecular weight excluding hydrogens is 226 g/mol. The van der Waals surface area contributed by atoms with Crippen LogP contribution >= 0.6 is 0 Å². The van der Waals surface area contributed by atoms with Gasteiger partial charge in [-0.05, 0) is 32.1 Å². The number of hydrogen-bond acceptors (Lipinski definition) is 2. The van der Waals surface area contributed by atoms with Gasteiger partial charge in [0.2, 0.25) is 0 Å². The average molecular weight is 255 g/mol. The molecule has 0 aromatic carbocycles. The van der Waals surface area contributed by atoms with Gasteiger partial charge in [-0.15, -0.1) is 0 Å². The summed E-state index contributed by atoms with van der Waals surface area (Å²) in [6.45, 7) is 4.45. The molecule has 0 saturated heterocycles. The summed E-state index contributed by atoms with van der Waals surface area (Å²) in [5.41, 5.74) is 0. The minimum Gasteiger partial charge on any atom is -0.481 e. The monoisotopic (exact) mass is 255 g/mol. The lowest BCUT2D eigenvalue weighted by Gasteiger charge is -2.31. The van der Waals surface area contributed by atoms with E-state index in [-0.39, 0.29) is 5.92 Å². The van der Waals surface area contributed by atoms with Crippen LogP contribution in [-0.2, 0) is 4.79 Å². The predicted octanol–water partition coefficient (Wildman–Crippen LogP) is 3.58. The Bertz CT molecular complexity index is 243. The van der Waals surface area contributed by atoms with Crippen molar-refractivity contribution >= 4 is 5.97 Å². The number of nitrogens with one attached hydrogen (secondary N) is 1. The molecule has 3 unspecified atom stereocenters. The molecule has 0 spiro atoms. The van der Waals surface area contributed by atoms with E-state index in [1.807, 2.05) is 0 Å². The van der Waals surface area contributed by atoms with Crippen molar-refractivity contribution in [1.29, 1.82) is 0 Å². The summed E-state index contributed by atoms with van der Waals surface area (Å²) in [5.74, 6) is -0.730. The number of rotatable bonds is 8. The molecule has 1 aliphatic rings. The highest BCUT2D eigenvalue weighted by atomic mass is 16.4. The van der Waals surface area contributed by atoms with E-state index >= 15 is 0 Å². The number of unbranched alkanes of at least 4 members (excludes halogenated alkanes) is 1. The number of carboxylic acids is 1. The van der Waals surface area contributed by atoms with Crippen LogP contribution in [0.15, 0.2) is 0 Å². The molecule has 3 heteroatoms. The van der Waals surface area contributed by atoms with E-state index in [1.54, 1.807) is 0 Å². The van der Waals surface area contributed by atoms with E-state index in [2.05, 4.69) is 19.2 Å². The van der Waals surface area contributed by atoms with Crippen molar-refractivity contribution in [3.63, 3.8) is 0 Å². The first kappa shape index (κ1) is 15.5. The summed E-state index contributed by atoms with van der Waals surface area (Å²) in [6, 6.07) is 1.01. The van der Waals surface area contributed by atoms with E-state index in [4.69, 9.17) is 5.11 Å². The van der Waals surface area contributed by atoms with Crippen LogP contribution in [-0.4, -0.2) is 23.2 Å². The van der Waals surface area contributed by atoms with Crippen molar-refractivity contribution in [3.8, 4) is 0 Å². The van der Waals surface area contributed by atoms with Gasteiger partial charge in [0.05, 0.1) is 5.92 Å². The Morgan fingerprint density at radius 1 is 1.28 bits per heavy atom. The van der Waals surface area contributed by atoms with Crippen molar-refractivity contribution in [2.45, 2.75) is 83.7 Å². The van der Waals surface area contributed by atoms with Crippen LogP contribution in [0.5, 0.6) is 0 Å². The Kier molecular flexibility index (Phi) is 7.33. The van der Waals surface area contributed by atoms with Crippen LogP contribution in [0.4, 0.5) is 0 Å². The summed E-state index contributed by atoms with van der Waals surface area (Å²) in [4.78, 5) is 11.1. The van der Waals surface area contributed by atoms with Gasteiger partial charge in [0.1, 0.15) is 0 Å². The first-order chi connectivity index (χ1) is 8.67. The van der Waals surface area contributed by atoms with E-state index < -0.39 is 5.97 Å². The number of carboxylic acid groups (broad SMARTS) is 1. The number of hydrogen-bond donors (Lipinski definition) is 2. The van der Waals surface area contributed by atoms with Gasteiger partial charge in [-0.3, -0.25) is 4.79 Å². The van der Waals surface area contributed by atoms with Gasteiger partial charge in [-0.2, -0.15) is 0 Å². The molecule has 3 nitrogen and oxygen atoms in total. The van der Waals surface area contributed by atoms with Crippen molar-refractivity contribution in [3.05, 3.63) is 0 Å². The van der Waals surface area contributed by atoms with Crippen LogP contribution < -0.4 is 5.32 Å². The second kappa shape index (κ2) is 8.52. The van der Waals surface area contributed by atoms with Crippen LogP contribution in [0.1, 0.15) is 71.6 Å². The molecule has 18 heavy (non-hydrogen) atoms. The van der Waals surface area contributed by atoms with Gasteiger partial charge >= 0.3 is 5.97 Å². The summed E-state index contributed by atoms with van der Waals surface area (Å²) in [7, 11) is 0. The third kappa shape index (κ3) is 5.38. The topological polar surface area (TPSA) is 49.3 Å². The fourth-order valence-corrected chi connectivity index (χ4v) is 3.01. The van der Waals surface area contributed by atoms with E-state index in [1.165, 1.54) is 32.1 Å². The molecule has 0 amide bonds. The van der Waals surface area contributed by atoms with Crippen molar-refractivity contribution < 1.29 is 9.90 Å². The van der Waals surface area contributed by atoms with E-state index in [9.17, 15) is 4.79 Å². The first-order valence-corrected chi connectivity index (χ1v) is 7.66. The molecular formula is C15H29NO2. The normalized spacial score (nSPS) is 25.9. The molecule has 0 aromatic heterocycles. The van der Waals surface area contributed by atoms with Crippen LogP contribution in [0.2, 0.25) is 0 Å². The molecule has 0 heterocycles. The minimum absolute atomic E-state index is 0.121. The van der Waals surface area contributed by atoms with Crippen LogP contribution in [0.25, 0.3) is 0 Å². The van der Waals surface area contributed by atoms with Crippen LogP contribution in [0.3, 0.4) is 0 Å². The number of carbonyl (C=O) groups is 1. The lowest BCUT2D eigenvalue weighted by atomic mass is 9.85. The Morgan fingerprint density at radius 3 is 2.67 bits per heavy atom. The van der Waals surface area contributed by atoms with Gasteiger partial charge < -0.3 is 10.4 Å². The van der Waals surface area contributed by atoms with Crippen molar-refractivity contribution in [2.24, 2.45) is 5.92 Å². The predicted molar refractivity (Wildman–Crippen MR) is 74.7 cm³/mol. The molecule has 1 aliphatic carbocycles. The van der Waals surface area contributed by atoms with Gasteiger partial charge in [-0.25, -0.2) is 0 Å². The molecule has 3 atom stereocenters. The Hall–Kier alpha value is -0.570. The zero-order valence-corrected chi connectivity index (χ0v) is 12.0. The fourth-order valence-electron chi connectivity index (χ4n) is 3.01. The Balaban J connectivity index is 2.39. The van der Waals surface area contributed by atoms with Crippen molar-refractivity contribution in [1.82, 2.24) is 5.32 Å². The maximum Gasteiger partial charge on any atom is 0.306 e. The maximum absolute atomic E-state index is 11.1. The zero-order chi connectivity index (χ0) is 13.4. The molecule has 0 bridgehead atoms. The molecule has 0 aliphatic heterocycles. The van der Waals surface area contributed by atoms with Gasteiger partial charge in [0.15, 0.2) is 0 Å². The molecule has 0 radical (unpaired) electrons. The van der Waals surface area contributed by atoms with Crippen LogP contribution in [0, 0.1) is 5.92 Å². The second-order valence-corrected chi connectivity index (χ2v) is 5.69. The zero-order valence-electron chi connectivity index (χ0n) is 12.0. The summed E-state index contributed by atoms with van der Waals surface area (Å²) in [5, 5.41) is 12.8. The molecule has 0 aromatic rings. The molecule has 1 fully saturated rings. The highest BCUT2D eigenvalue weighted by Crippen LogP contribution is 2.25. The highest BCUT2D eigenvalue weighted by molar-refractivity contribution is 5.70. The third-order valence-corrected chi connectivity index (χ3v) is 4.04. The minimum atomic E-state index is -0.609. The molecule has 106 valence electrons.